The van der Waals surface area contributed by atoms with Gasteiger partial charge in [-0.05, 0) is 23.7 Å². The predicted molar refractivity (Wildman–Crippen MR) is 90.9 cm³/mol. The van der Waals surface area contributed by atoms with Crippen LogP contribution < -0.4 is 0 Å². The molecule has 0 aliphatic rings. The van der Waals surface area contributed by atoms with Crippen LogP contribution in [0, 0.1) is 31.9 Å². The average molecular weight is 401 g/mol. The molecule has 0 amide bonds. The lowest BCUT2D eigenvalue weighted by molar-refractivity contribution is -0.385. The third-order valence-corrected chi connectivity index (χ3v) is 3.27. The first-order valence-electron chi connectivity index (χ1n) is 7.18. The topological polar surface area (TPSA) is 120 Å². The summed E-state index contributed by atoms with van der Waals surface area (Å²) >= 11 is 5.02. The fourth-order valence-corrected chi connectivity index (χ4v) is 1.95. The number of carbonyl (C=O) groups is 2. The van der Waals surface area contributed by atoms with E-state index in [-0.39, 0.29) is 23.3 Å². The van der Waals surface area contributed by atoms with E-state index < -0.39 is 38.1 Å². The molecule has 0 saturated carbocycles. The molecule has 0 aliphatic heterocycles. The van der Waals surface area contributed by atoms with Crippen molar-refractivity contribution in [1.29, 1.82) is 0 Å². The van der Waals surface area contributed by atoms with Gasteiger partial charge in [0.05, 0.1) is 22.0 Å². The minimum absolute atomic E-state index is 0.0409. The van der Waals surface area contributed by atoms with Crippen LogP contribution in [0.3, 0.4) is 0 Å². The van der Waals surface area contributed by atoms with Crippen molar-refractivity contribution in [3.8, 4) is 0 Å². The van der Waals surface area contributed by atoms with E-state index in [2.05, 4.69) is 0 Å². The lowest BCUT2D eigenvalue weighted by Gasteiger charge is -1.98. The number of hydrogen-bond acceptors (Lipinski definition) is 6. The summed E-state index contributed by atoms with van der Waals surface area (Å²) in [5.41, 5.74) is -1.08. The van der Waals surface area contributed by atoms with E-state index >= 15 is 0 Å². The number of nitro benzene ring substituents is 2. The van der Waals surface area contributed by atoms with Gasteiger partial charge < -0.3 is 0 Å². The molecule has 0 heterocycles. The van der Waals surface area contributed by atoms with Crippen molar-refractivity contribution in [1.82, 2.24) is 0 Å². The summed E-state index contributed by atoms with van der Waals surface area (Å²) in [6, 6.07) is 5.32. The molecule has 0 N–H and O–H groups in total. The van der Waals surface area contributed by atoms with E-state index in [1.165, 1.54) is 0 Å². The van der Waals surface area contributed by atoms with E-state index in [1.54, 1.807) is 6.92 Å². The summed E-state index contributed by atoms with van der Waals surface area (Å²) in [7, 11) is 0. The molecule has 11 heteroatoms. The highest BCUT2D eigenvalue weighted by Gasteiger charge is 2.13. The minimum atomic E-state index is -0.928. The third-order valence-electron chi connectivity index (χ3n) is 3.06. The molecule has 0 radical (unpaired) electrons. The van der Waals surface area contributed by atoms with Crippen molar-refractivity contribution in [2.45, 2.75) is 13.3 Å². The van der Waals surface area contributed by atoms with E-state index in [0.29, 0.717) is 6.07 Å². The monoisotopic (exact) mass is 400 g/mol. The number of Topliss-reactive ketones (excluding diaryl/α,β-unsaturated/α-hetero) is 1. The molecule has 0 aliphatic carbocycles. The highest BCUT2D eigenvalue weighted by molar-refractivity contribution is 6.67. The number of halogens is 3. The third kappa shape index (κ3) is 6.51. The lowest BCUT2D eigenvalue weighted by atomic mass is 10.1. The Hall–Kier alpha value is -3.27. The van der Waals surface area contributed by atoms with Gasteiger partial charge in [-0.25, -0.2) is 8.78 Å². The highest BCUT2D eigenvalue weighted by atomic mass is 35.5. The molecule has 2 rings (SSSR count). The maximum absolute atomic E-state index is 12.8. The van der Waals surface area contributed by atoms with Gasteiger partial charge >= 0.3 is 0 Å². The SMILES string of the molecule is CCC(=O)c1cc(F)cc([N+](=O)[O-])c1.O=C(Cl)c1cc(F)cc([N+](=O)[O-])c1. The molecular weight excluding hydrogens is 390 g/mol. The minimum Gasteiger partial charge on any atom is -0.294 e. The van der Waals surface area contributed by atoms with Crippen LogP contribution in [0.2, 0.25) is 0 Å². The summed E-state index contributed by atoms with van der Waals surface area (Å²) in [6.45, 7) is 1.61. The molecule has 0 spiro atoms. The van der Waals surface area contributed by atoms with Gasteiger partial charge in [-0.2, -0.15) is 0 Å². The van der Waals surface area contributed by atoms with Crippen molar-refractivity contribution in [3.05, 3.63) is 79.4 Å². The second kappa shape index (κ2) is 9.43. The first kappa shape index (κ1) is 21.8. The Bertz CT molecular complexity index is 888. The van der Waals surface area contributed by atoms with E-state index in [4.69, 9.17) is 11.6 Å². The van der Waals surface area contributed by atoms with Crippen LogP contribution in [-0.2, 0) is 0 Å². The van der Waals surface area contributed by atoms with Gasteiger partial charge in [-0.3, -0.25) is 29.8 Å². The van der Waals surface area contributed by atoms with Crippen molar-refractivity contribution >= 4 is 34.0 Å². The molecule has 27 heavy (non-hydrogen) atoms. The first-order valence-corrected chi connectivity index (χ1v) is 7.56. The number of non-ortho nitro benzene ring substituents is 2. The van der Waals surface area contributed by atoms with Crippen LogP contribution in [0.5, 0.6) is 0 Å². The summed E-state index contributed by atoms with van der Waals surface area (Å²) in [4.78, 5) is 40.7. The number of ketones is 1. The van der Waals surface area contributed by atoms with Gasteiger partial charge in [0.25, 0.3) is 16.6 Å². The van der Waals surface area contributed by atoms with Crippen LogP contribution in [0.25, 0.3) is 0 Å². The molecule has 0 bridgehead atoms. The smallest absolute Gasteiger partial charge is 0.273 e. The van der Waals surface area contributed by atoms with Crippen LogP contribution in [-0.4, -0.2) is 20.9 Å². The zero-order valence-corrected chi connectivity index (χ0v) is 14.4. The molecular formula is C16H11ClF2N2O6. The largest absolute Gasteiger partial charge is 0.294 e. The quantitative estimate of drug-likeness (QED) is 0.316. The van der Waals surface area contributed by atoms with E-state index in [9.17, 15) is 38.6 Å². The lowest BCUT2D eigenvalue weighted by Crippen LogP contribution is -1.99. The summed E-state index contributed by atoms with van der Waals surface area (Å²) in [5.74, 6) is -1.94. The van der Waals surface area contributed by atoms with Gasteiger partial charge in [0, 0.05) is 29.7 Å². The van der Waals surface area contributed by atoms with Crippen LogP contribution in [0.4, 0.5) is 20.2 Å². The predicted octanol–water partition coefficient (Wildman–Crippen LogP) is 4.44. The van der Waals surface area contributed by atoms with Crippen molar-refractivity contribution in [2.75, 3.05) is 0 Å². The number of nitro groups is 2. The Morgan fingerprint density at radius 1 is 0.889 bits per heavy atom. The fourth-order valence-electron chi connectivity index (χ4n) is 1.84. The van der Waals surface area contributed by atoms with Crippen LogP contribution in [0.1, 0.15) is 34.1 Å². The Kier molecular flexibility index (Phi) is 7.61. The Morgan fingerprint density at radius 3 is 1.67 bits per heavy atom. The average Bonchev–Trinajstić information content (AvgIpc) is 2.60. The fraction of sp³-hybridized carbons (Fsp3) is 0.125. The number of carbonyl (C=O) groups excluding carboxylic acids is 2. The van der Waals surface area contributed by atoms with Crippen molar-refractivity contribution in [2.24, 2.45) is 0 Å². The zero-order chi connectivity index (χ0) is 20.7. The Morgan fingerprint density at radius 2 is 1.30 bits per heavy atom. The molecule has 0 aromatic heterocycles. The van der Waals surface area contributed by atoms with Gasteiger partial charge in [0.2, 0.25) is 0 Å². The summed E-state index contributed by atoms with van der Waals surface area (Å²) < 4.78 is 25.5. The zero-order valence-electron chi connectivity index (χ0n) is 13.6. The molecule has 0 unspecified atom stereocenters. The molecule has 0 atom stereocenters. The normalized spacial score (nSPS) is 9.78. The Labute approximate surface area is 155 Å². The molecule has 0 saturated heterocycles. The molecule has 142 valence electrons. The molecule has 8 nitrogen and oxygen atoms in total. The Balaban J connectivity index is 0.000000271. The van der Waals surface area contributed by atoms with Gasteiger partial charge in [0.1, 0.15) is 11.6 Å². The van der Waals surface area contributed by atoms with Gasteiger partial charge in [-0.15, -0.1) is 0 Å². The van der Waals surface area contributed by atoms with E-state index in [0.717, 1.165) is 30.3 Å². The van der Waals surface area contributed by atoms with Gasteiger partial charge in [0.15, 0.2) is 5.78 Å². The van der Waals surface area contributed by atoms with Crippen LogP contribution >= 0.6 is 11.6 Å². The number of benzene rings is 2. The molecule has 0 fully saturated rings. The van der Waals surface area contributed by atoms with Crippen molar-refractivity contribution < 1.29 is 28.2 Å². The second-order valence-corrected chi connectivity index (χ2v) is 5.30. The number of hydrogen-bond donors (Lipinski definition) is 0. The standard InChI is InChI=1S/C9H8FNO3.C7H3ClFNO3/c1-2-9(12)6-3-7(10)5-8(4-6)11(13)14;8-7(11)4-1-5(9)3-6(2-4)10(12)13/h3-5H,2H2,1H3;1-3H. The molecule has 2 aromatic rings. The number of rotatable bonds is 5. The molecule has 2 aromatic carbocycles. The first-order chi connectivity index (χ1) is 12.5. The van der Waals surface area contributed by atoms with Gasteiger partial charge in [-0.1, -0.05) is 6.92 Å². The van der Waals surface area contributed by atoms with Crippen molar-refractivity contribution in [3.63, 3.8) is 0 Å². The second-order valence-electron chi connectivity index (χ2n) is 4.96. The number of nitrogens with zero attached hydrogens (tertiary/aromatic N) is 2. The highest BCUT2D eigenvalue weighted by Crippen LogP contribution is 2.18. The maximum Gasteiger partial charge on any atom is 0.273 e. The maximum atomic E-state index is 12.8. The van der Waals surface area contributed by atoms with E-state index in [1.807, 2.05) is 0 Å². The van der Waals surface area contributed by atoms with Crippen LogP contribution in [0.15, 0.2) is 36.4 Å². The summed E-state index contributed by atoms with van der Waals surface area (Å²) in [6.07, 6.45) is 0.195. The summed E-state index contributed by atoms with van der Waals surface area (Å²) in [5, 5.41) is 19.6.